The Kier molecular flexibility index (Phi) is 8.36. The van der Waals surface area contributed by atoms with E-state index < -0.39 is 24.0 Å². The lowest BCUT2D eigenvalue weighted by molar-refractivity contribution is -0.140. The molecule has 4 N–H and O–H groups in total. The van der Waals surface area contributed by atoms with E-state index in [2.05, 4.69) is 10.6 Å². The zero-order chi connectivity index (χ0) is 15.7. The van der Waals surface area contributed by atoms with E-state index in [1.807, 2.05) is 11.8 Å². The summed E-state index contributed by atoms with van der Waals surface area (Å²) in [4.78, 5) is 33.1. The highest BCUT2D eigenvalue weighted by molar-refractivity contribution is 8.06. The van der Waals surface area contributed by atoms with Crippen molar-refractivity contribution in [2.24, 2.45) is 0 Å². The summed E-state index contributed by atoms with van der Waals surface area (Å²) in [5.74, 6) is 1.03. The van der Waals surface area contributed by atoms with Crippen molar-refractivity contribution in [3.63, 3.8) is 0 Å². The summed E-state index contributed by atoms with van der Waals surface area (Å²) < 4.78 is 0. The number of aliphatic carboxylic acids is 2. The largest absolute Gasteiger partial charge is 0.481 e. The highest BCUT2D eigenvalue weighted by Gasteiger charge is 2.21. The number of nitrogens with one attached hydrogen (secondary N) is 2. The molecule has 1 rings (SSSR count). The first-order valence-electron chi connectivity index (χ1n) is 6.67. The number of thioether (sulfide) groups is 2. The minimum atomic E-state index is -1.15. The summed E-state index contributed by atoms with van der Waals surface area (Å²) in [5.41, 5.74) is 0. The second-order valence-corrected chi connectivity index (χ2v) is 7.16. The lowest BCUT2D eigenvalue weighted by atomic mass is 10.1. The standard InChI is InChI=1S/C12H20N2O5S2/c15-10(16)3-1-2-9(11(17)18)14-12(19)13-6-8-7-20-4-5-21-8/h8-9H,1-7H2,(H,15,16)(H,17,18)(H2,13,14,19)/t8?,9-/m1/s1. The highest BCUT2D eigenvalue weighted by atomic mass is 32.2. The van der Waals surface area contributed by atoms with E-state index in [1.165, 1.54) is 0 Å². The van der Waals surface area contributed by atoms with E-state index in [0.29, 0.717) is 11.8 Å². The maximum Gasteiger partial charge on any atom is 0.326 e. The summed E-state index contributed by atoms with van der Waals surface area (Å²) in [6, 6.07) is -1.58. The fourth-order valence-corrected chi connectivity index (χ4v) is 4.40. The van der Waals surface area contributed by atoms with Gasteiger partial charge in [0.1, 0.15) is 6.04 Å². The lowest BCUT2D eigenvalue weighted by Crippen LogP contribution is -2.47. The zero-order valence-electron chi connectivity index (χ0n) is 11.5. The maximum absolute atomic E-state index is 11.7. The Morgan fingerprint density at radius 3 is 2.57 bits per heavy atom. The molecule has 1 heterocycles. The number of carbonyl (C=O) groups excluding carboxylic acids is 1. The van der Waals surface area contributed by atoms with Gasteiger partial charge in [-0.1, -0.05) is 0 Å². The molecular formula is C12H20N2O5S2. The van der Waals surface area contributed by atoms with Gasteiger partial charge in [-0.25, -0.2) is 9.59 Å². The lowest BCUT2D eigenvalue weighted by Gasteiger charge is -2.22. The average Bonchev–Trinajstić information content (AvgIpc) is 2.44. The van der Waals surface area contributed by atoms with Crippen LogP contribution in [-0.2, 0) is 9.59 Å². The molecule has 21 heavy (non-hydrogen) atoms. The predicted molar refractivity (Wildman–Crippen MR) is 83.0 cm³/mol. The molecule has 0 aliphatic carbocycles. The zero-order valence-corrected chi connectivity index (χ0v) is 13.2. The molecule has 0 radical (unpaired) electrons. The number of urea groups is 1. The van der Waals surface area contributed by atoms with Gasteiger partial charge in [0.25, 0.3) is 0 Å². The topological polar surface area (TPSA) is 116 Å². The van der Waals surface area contributed by atoms with Gasteiger partial charge in [-0.05, 0) is 12.8 Å². The molecule has 7 nitrogen and oxygen atoms in total. The van der Waals surface area contributed by atoms with Crippen molar-refractivity contribution >= 4 is 41.5 Å². The highest BCUT2D eigenvalue weighted by Crippen LogP contribution is 2.23. The number of amides is 2. The molecule has 0 aromatic carbocycles. The van der Waals surface area contributed by atoms with Gasteiger partial charge in [-0.15, -0.1) is 0 Å². The van der Waals surface area contributed by atoms with E-state index in [4.69, 9.17) is 10.2 Å². The minimum absolute atomic E-state index is 0.100. The van der Waals surface area contributed by atoms with E-state index >= 15 is 0 Å². The molecule has 0 bridgehead atoms. The van der Waals surface area contributed by atoms with E-state index in [-0.39, 0.29) is 19.3 Å². The predicted octanol–water partition coefficient (Wildman–Crippen LogP) is 0.842. The molecule has 0 aromatic rings. The number of hydrogen-bond donors (Lipinski definition) is 4. The second-order valence-electron chi connectivity index (χ2n) is 4.60. The number of carboxylic acid groups (broad SMARTS) is 2. The molecule has 1 saturated heterocycles. The summed E-state index contributed by atoms with van der Waals surface area (Å²) in [7, 11) is 0. The molecule has 0 saturated carbocycles. The third-order valence-electron chi connectivity index (χ3n) is 2.86. The molecule has 120 valence electrons. The number of carbonyl (C=O) groups is 3. The molecular weight excluding hydrogens is 316 g/mol. The van der Waals surface area contributed by atoms with Crippen molar-refractivity contribution in [2.75, 3.05) is 23.8 Å². The van der Waals surface area contributed by atoms with Crippen LogP contribution in [0.4, 0.5) is 4.79 Å². The van der Waals surface area contributed by atoms with Crippen LogP contribution in [0.2, 0.25) is 0 Å². The average molecular weight is 336 g/mol. The number of hydrogen-bond acceptors (Lipinski definition) is 5. The van der Waals surface area contributed by atoms with Crippen LogP contribution in [0.15, 0.2) is 0 Å². The van der Waals surface area contributed by atoms with Gasteiger partial charge in [0.15, 0.2) is 0 Å². The number of rotatable bonds is 8. The smallest absolute Gasteiger partial charge is 0.326 e. The Morgan fingerprint density at radius 1 is 1.24 bits per heavy atom. The monoisotopic (exact) mass is 336 g/mol. The van der Waals surface area contributed by atoms with Gasteiger partial charge in [-0.3, -0.25) is 4.79 Å². The Balaban J connectivity index is 2.27. The van der Waals surface area contributed by atoms with Gasteiger partial charge in [0, 0.05) is 35.5 Å². The van der Waals surface area contributed by atoms with E-state index in [0.717, 1.165) is 17.3 Å². The van der Waals surface area contributed by atoms with Crippen LogP contribution in [-0.4, -0.2) is 63.3 Å². The first-order valence-corrected chi connectivity index (χ1v) is 8.87. The van der Waals surface area contributed by atoms with Crippen molar-refractivity contribution in [1.29, 1.82) is 0 Å². The minimum Gasteiger partial charge on any atom is -0.481 e. The summed E-state index contributed by atoms with van der Waals surface area (Å²) in [6.07, 6.45) is 0.202. The summed E-state index contributed by atoms with van der Waals surface area (Å²) in [5, 5.41) is 22.9. The molecule has 2 atom stereocenters. The Bertz CT molecular complexity index is 375. The fourth-order valence-electron chi connectivity index (χ4n) is 1.79. The van der Waals surface area contributed by atoms with Gasteiger partial charge in [0.05, 0.1) is 0 Å². The van der Waals surface area contributed by atoms with Gasteiger partial charge in [0.2, 0.25) is 0 Å². The van der Waals surface area contributed by atoms with Gasteiger partial charge >= 0.3 is 18.0 Å². The Morgan fingerprint density at radius 2 is 2.00 bits per heavy atom. The quantitative estimate of drug-likeness (QED) is 0.519. The van der Waals surface area contributed by atoms with Crippen LogP contribution in [0, 0.1) is 0 Å². The fraction of sp³-hybridized carbons (Fsp3) is 0.750. The molecule has 2 amide bonds. The Labute approximate surface area is 131 Å². The molecule has 1 fully saturated rings. The van der Waals surface area contributed by atoms with Crippen LogP contribution in [0.1, 0.15) is 19.3 Å². The third kappa shape index (κ3) is 8.05. The first-order chi connectivity index (χ1) is 9.99. The summed E-state index contributed by atoms with van der Waals surface area (Å²) >= 11 is 3.65. The van der Waals surface area contributed by atoms with Crippen molar-refractivity contribution in [3.05, 3.63) is 0 Å². The summed E-state index contributed by atoms with van der Waals surface area (Å²) in [6.45, 7) is 0.505. The molecule has 9 heteroatoms. The molecule has 0 spiro atoms. The second kappa shape index (κ2) is 9.78. The SMILES string of the molecule is O=C(O)CCC[C@@H](NC(=O)NCC1CSCCS1)C(=O)O. The van der Waals surface area contributed by atoms with Crippen molar-refractivity contribution in [2.45, 2.75) is 30.6 Å². The van der Waals surface area contributed by atoms with Crippen LogP contribution in [0.3, 0.4) is 0 Å². The van der Waals surface area contributed by atoms with Crippen LogP contribution in [0.5, 0.6) is 0 Å². The van der Waals surface area contributed by atoms with Crippen molar-refractivity contribution in [3.8, 4) is 0 Å². The number of carboxylic acids is 2. The molecule has 1 aliphatic heterocycles. The van der Waals surface area contributed by atoms with E-state index in [9.17, 15) is 14.4 Å². The first kappa shape index (κ1) is 18.0. The maximum atomic E-state index is 11.7. The van der Waals surface area contributed by atoms with Crippen molar-refractivity contribution in [1.82, 2.24) is 10.6 Å². The van der Waals surface area contributed by atoms with Crippen LogP contribution >= 0.6 is 23.5 Å². The Hall–Kier alpha value is -1.09. The van der Waals surface area contributed by atoms with Gasteiger partial charge in [-0.2, -0.15) is 23.5 Å². The van der Waals surface area contributed by atoms with Gasteiger partial charge < -0.3 is 20.8 Å². The van der Waals surface area contributed by atoms with Crippen LogP contribution < -0.4 is 10.6 Å². The van der Waals surface area contributed by atoms with Crippen molar-refractivity contribution < 1.29 is 24.6 Å². The van der Waals surface area contributed by atoms with E-state index in [1.54, 1.807) is 11.8 Å². The molecule has 1 unspecified atom stereocenters. The normalized spacial score (nSPS) is 19.5. The molecule has 0 aromatic heterocycles. The van der Waals surface area contributed by atoms with Crippen LogP contribution in [0.25, 0.3) is 0 Å². The third-order valence-corrected chi connectivity index (χ3v) is 5.71. The molecule has 1 aliphatic rings.